The van der Waals surface area contributed by atoms with Crippen LogP contribution in [0, 0.1) is 11.8 Å². The molecule has 3 aliphatic rings. The van der Waals surface area contributed by atoms with Crippen LogP contribution in [0.3, 0.4) is 0 Å². The molecule has 2 unspecified atom stereocenters. The number of ether oxygens (including phenoxy) is 1. The Bertz CT molecular complexity index is 764. The highest BCUT2D eigenvalue weighted by atomic mass is 16.5. The van der Waals surface area contributed by atoms with Gasteiger partial charge in [-0.25, -0.2) is 0 Å². The molecule has 0 aliphatic carbocycles. The van der Waals surface area contributed by atoms with Gasteiger partial charge in [-0.05, 0) is 12.8 Å². The Morgan fingerprint density at radius 3 is 2.85 bits per heavy atom. The number of rotatable bonds is 6. The molecule has 2 fully saturated rings. The van der Waals surface area contributed by atoms with Crippen LogP contribution in [0.5, 0.6) is 0 Å². The summed E-state index contributed by atoms with van der Waals surface area (Å²) >= 11 is 0. The van der Waals surface area contributed by atoms with E-state index in [1.807, 2.05) is 17.1 Å². The summed E-state index contributed by atoms with van der Waals surface area (Å²) in [6, 6.07) is 0.196. The van der Waals surface area contributed by atoms with Gasteiger partial charge in [-0.15, -0.1) is 0 Å². The fourth-order valence-corrected chi connectivity index (χ4v) is 4.84. The van der Waals surface area contributed by atoms with Crippen LogP contribution >= 0.6 is 0 Å². The Balaban J connectivity index is 1.56. The third-order valence-electron chi connectivity index (χ3n) is 6.19. The highest BCUT2D eigenvalue weighted by Gasteiger charge is 2.67. The van der Waals surface area contributed by atoms with Crippen molar-refractivity contribution in [2.24, 2.45) is 11.8 Å². The summed E-state index contributed by atoms with van der Waals surface area (Å²) in [5, 5.41) is 0. The highest BCUT2D eigenvalue weighted by Crippen LogP contribution is 2.52. The number of carbonyl (C=O) groups excluding carboxylic acids is 2. The van der Waals surface area contributed by atoms with Gasteiger partial charge in [-0.1, -0.05) is 26.0 Å². The lowest BCUT2D eigenvalue weighted by Gasteiger charge is -2.29. The summed E-state index contributed by atoms with van der Waals surface area (Å²) in [5.74, 6) is -0.906. The maximum Gasteiger partial charge on any atom is 0.230 e. The van der Waals surface area contributed by atoms with Crippen molar-refractivity contribution in [3.8, 4) is 0 Å². The van der Waals surface area contributed by atoms with E-state index in [1.165, 1.54) is 0 Å². The average molecular weight is 370 g/mol. The lowest BCUT2D eigenvalue weighted by atomic mass is 9.76. The van der Waals surface area contributed by atoms with Crippen molar-refractivity contribution in [3.05, 3.63) is 36.4 Å². The van der Waals surface area contributed by atoms with Gasteiger partial charge in [-0.3, -0.25) is 19.6 Å². The number of aromatic nitrogens is 2. The minimum Gasteiger partial charge on any atom is -0.360 e. The molecule has 4 rings (SSSR count). The maximum atomic E-state index is 13.2. The van der Waals surface area contributed by atoms with Crippen LogP contribution in [0.2, 0.25) is 0 Å². The van der Waals surface area contributed by atoms with E-state index in [2.05, 4.69) is 23.8 Å². The van der Waals surface area contributed by atoms with Crippen molar-refractivity contribution in [1.82, 2.24) is 19.8 Å². The van der Waals surface area contributed by atoms with E-state index >= 15 is 0 Å². The van der Waals surface area contributed by atoms with Crippen LogP contribution < -0.4 is 0 Å². The zero-order valence-electron chi connectivity index (χ0n) is 16.0. The maximum absolute atomic E-state index is 13.2. The van der Waals surface area contributed by atoms with Crippen molar-refractivity contribution >= 4 is 11.8 Å². The zero-order chi connectivity index (χ0) is 19.2. The lowest BCUT2D eigenvalue weighted by Crippen LogP contribution is -2.45. The van der Waals surface area contributed by atoms with E-state index in [-0.39, 0.29) is 24.0 Å². The second kappa shape index (κ2) is 6.71. The molecule has 2 saturated heterocycles. The lowest BCUT2D eigenvalue weighted by molar-refractivity contribution is -0.143. The van der Waals surface area contributed by atoms with Crippen LogP contribution in [0.1, 0.15) is 32.4 Å². The van der Waals surface area contributed by atoms with E-state index in [0.717, 1.165) is 18.5 Å². The van der Waals surface area contributed by atoms with Crippen LogP contribution in [0.15, 0.2) is 30.7 Å². The number of amides is 2. The number of hydrogen-bond donors (Lipinski definition) is 0. The van der Waals surface area contributed by atoms with Gasteiger partial charge in [-0.2, -0.15) is 0 Å². The van der Waals surface area contributed by atoms with Crippen molar-refractivity contribution in [2.45, 2.75) is 51.0 Å². The molecule has 1 aromatic heterocycles. The molecule has 7 nitrogen and oxygen atoms in total. The molecule has 1 aromatic rings. The predicted octanol–water partition coefficient (Wildman–Crippen LogP) is 1.41. The van der Waals surface area contributed by atoms with E-state index in [9.17, 15) is 9.59 Å². The van der Waals surface area contributed by atoms with Gasteiger partial charge in [0.2, 0.25) is 11.8 Å². The van der Waals surface area contributed by atoms with Gasteiger partial charge in [0.05, 0.1) is 42.9 Å². The molecule has 0 N–H and O–H groups in total. The zero-order valence-corrected chi connectivity index (χ0v) is 16.0. The van der Waals surface area contributed by atoms with Gasteiger partial charge in [0.25, 0.3) is 0 Å². The summed E-state index contributed by atoms with van der Waals surface area (Å²) in [5.41, 5.74) is 0.0806. The minimum absolute atomic E-state index is 0.0572. The molecule has 0 radical (unpaired) electrons. The summed E-state index contributed by atoms with van der Waals surface area (Å²) in [6.45, 7) is 5.11. The molecule has 4 heterocycles. The van der Waals surface area contributed by atoms with Crippen LogP contribution in [0.4, 0.5) is 0 Å². The van der Waals surface area contributed by atoms with Gasteiger partial charge < -0.3 is 14.5 Å². The first kappa shape index (κ1) is 18.1. The monoisotopic (exact) mass is 370 g/mol. The molecular weight excluding hydrogens is 344 g/mol. The van der Waals surface area contributed by atoms with Crippen LogP contribution in [-0.4, -0.2) is 62.9 Å². The van der Waals surface area contributed by atoms with Crippen LogP contribution in [0.25, 0.3) is 0 Å². The molecule has 0 saturated carbocycles. The Morgan fingerprint density at radius 2 is 2.19 bits per heavy atom. The Labute approximate surface area is 159 Å². The largest absolute Gasteiger partial charge is 0.360 e. The number of hydrogen-bond acceptors (Lipinski definition) is 5. The van der Waals surface area contributed by atoms with E-state index < -0.39 is 17.4 Å². The molecule has 3 aliphatic heterocycles. The topological polar surface area (TPSA) is 75.6 Å². The number of carbonyl (C=O) groups is 2. The minimum atomic E-state index is -0.641. The van der Waals surface area contributed by atoms with Gasteiger partial charge >= 0.3 is 0 Å². The molecule has 2 amide bonds. The van der Waals surface area contributed by atoms with Crippen LogP contribution in [-0.2, 0) is 20.9 Å². The second-order valence-corrected chi connectivity index (χ2v) is 7.73. The molecule has 7 heteroatoms. The summed E-state index contributed by atoms with van der Waals surface area (Å²) in [4.78, 5) is 38.3. The van der Waals surface area contributed by atoms with Crippen molar-refractivity contribution in [2.75, 3.05) is 13.6 Å². The molecule has 27 heavy (non-hydrogen) atoms. The first-order chi connectivity index (χ1) is 13.0. The Kier molecular flexibility index (Phi) is 4.50. The predicted molar refractivity (Wildman–Crippen MR) is 98.3 cm³/mol. The number of fused-ring (bicyclic) bond motifs is 1. The van der Waals surface area contributed by atoms with Gasteiger partial charge in [0.1, 0.15) is 5.60 Å². The molecule has 144 valence electrons. The Hall–Kier alpha value is -2.28. The third-order valence-corrected chi connectivity index (χ3v) is 6.19. The molecule has 2 bridgehead atoms. The highest BCUT2D eigenvalue weighted by molar-refractivity contribution is 5.93. The van der Waals surface area contributed by atoms with E-state index in [4.69, 9.17) is 4.74 Å². The first-order valence-corrected chi connectivity index (χ1v) is 9.68. The van der Waals surface area contributed by atoms with Crippen molar-refractivity contribution < 1.29 is 14.3 Å². The smallest absolute Gasteiger partial charge is 0.230 e. The SMILES string of the molecule is CCC(CC)N1C[C@]23C=C[C@H](O2)C(C(=O)N(C)Cc2cnccn2)C3C1=O. The third kappa shape index (κ3) is 2.76. The van der Waals surface area contributed by atoms with Crippen molar-refractivity contribution in [3.63, 3.8) is 0 Å². The number of likely N-dealkylation sites (tertiary alicyclic amines) is 1. The summed E-state index contributed by atoms with van der Waals surface area (Å²) in [6.07, 6.45) is 10.3. The van der Waals surface area contributed by atoms with Crippen molar-refractivity contribution in [1.29, 1.82) is 0 Å². The summed E-state index contributed by atoms with van der Waals surface area (Å²) < 4.78 is 6.21. The fraction of sp³-hybridized carbons (Fsp3) is 0.600. The fourth-order valence-electron chi connectivity index (χ4n) is 4.84. The van der Waals surface area contributed by atoms with Gasteiger partial charge in [0, 0.05) is 25.5 Å². The molecule has 1 spiro atoms. The Morgan fingerprint density at radius 1 is 1.41 bits per heavy atom. The number of nitrogens with zero attached hydrogens (tertiary/aromatic N) is 4. The second-order valence-electron chi connectivity index (χ2n) is 7.73. The quantitative estimate of drug-likeness (QED) is 0.708. The van der Waals surface area contributed by atoms with E-state index in [0.29, 0.717) is 13.1 Å². The average Bonchev–Trinajstić information content (AvgIpc) is 3.32. The molecule has 0 aromatic carbocycles. The molecule has 4 atom stereocenters. The summed E-state index contributed by atoms with van der Waals surface area (Å²) in [7, 11) is 1.75. The normalized spacial score (nSPS) is 31.0. The first-order valence-electron chi connectivity index (χ1n) is 9.68. The molecular formula is C20H26N4O3. The standard InChI is InChI=1S/C20H26N4O3/c1-4-14(5-2)24-12-20-7-6-15(27-20)16(17(20)19(24)26)18(25)23(3)11-13-10-21-8-9-22-13/h6-10,14-17H,4-5,11-12H2,1-3H3/t15-,16?,17?,20-/m0/s1. The van der Waals surface area contributed by atoms with E-state index in [1.54, 1.807) is 30.5 Å². The van der Waals surface area contributed by atoms with Gasteiger partial charge in [0.15, 0.2) is 0 Å².